The largest absolute Gasteiger partial charge is 0.487 e. The van der Waals surface area contributed by atoms with Gasteiger partial charge in [-0.25, -0.2) is 4.79 Å². The first-order valence-corrected chi connectivity index (χ1v) is 12.6. The summed E-state index contributed by atoms with van der Waals surface area (Å²) in [7, 11) is 1.33. The van der Waals surface area contributed by atoms with Gasteiger partial charge in [0, 0.05) is 11.8 Å². The van der Waals surface area contributed by atoms with Crippen molar-refractivity contribution in [2.75, 3.05) is 19.1 Å². The summed E-state index contributed by atoms with van der Waals surface area (Å²) in [5, 5.41) is 2.88. The Balaban J connectivity index is 1.95. The Morgan fingerprint density at radius 1 is 1.09 bits per heavy atom. The zero-order valence-electron chi connectivity index (χ0n) is 19.7. The number of esters is 1. The molecule has 6 nitrogen and oxygen atoms in total. The normalized spacial score (nSPS) is 11.5. The third kappa shape index (κ3) is 6.60. The van der Waals surface area contributed by atoms with E-state index in [-0.39, 0.29) is 5.91 Å². The molecule has 0 saturated heterocycles. The number of nitrogens with zero attached hydrogens (tertiary/aromatic N) is 1. The Kier molecular flexibility index (Phi) is 9.52. The smallest absolute Gasteiger partial charge is 0.328 e. The molecule has 1 aromatic heterocycles. The van der Waals surface area contributed by atoms with Crippen LogP contribution < -0.4 is 10.1 Å². The van der Waals surface area contributed by atoms with Crippen LogP contribution in [-0.2, 0) is 22.6 Å². The maximum atomic E-state index is 13.4. The fourth-order valence-corrected chi connectivity index (χ4v) is 4.13. The predicted molar refractivity (Wildman–Crippen MR) is 136 cm³/mol. The zero-order valence-corrected chi connectivity index (χ0v) is 20.6. The number of pyridine rings is 1. The van der Waals surface area contributed by atoms with Gasteiger partial charge >= 0.3 is 5.97 Å². The number of thioether (sulfide) groups is 1. The first-order valence-electron chi connectivity index (χ1n) is 11.2. The van der Waals surface area contributed by atoms with Crippen LogP contribution in [0.4, 0.5) is 0 Å². The van der Waals surface area contributed by atoms with E-state index in [1.54, 1.807) is 30.2 Å². The Bertz CT molecular complexity index is 1100. The summed E-state index contributed by atoms with van der Waals surface area (Å²) in [4.78, 5) is 29.7. The summed E-state index contributed by atoms with van der Waals surface area (Å²) in [6, 6.07) is 16.7. The molecule has 3 rings (SSSR count). The van der Waals surface area contributed by atoms with Crippen molar-refractivity contribution in [1.29, 1.82) is 0 Å². The van der Waals surface area contributed by atoms with E-state index in [1.165, 1.54) is 7.11 Å². The molecule has 0 saturated carbocycles. The van der Waals surface area contributed by atoms with E-state index < -0.39 is 12.0 Å². The second-order valence-corrected chi connectivity index (χ2v) is 8.68. The second kappa shape index (κ2) is 12.8. The zero-order chi connectivity index (χ0) is 24.3. The molecule has 0 aliphatic carbocycles. The van der Waals surface area contributed by atoms with E-state index in [9.17, 15) is 9.59 Å². The number of aromatic nitrogens is 1. The summed E-state index contributed by atoms with van der Waals surface area (Å²) in [5.41, 5.74) is 4.35. The molecule has 1 heterocycles. The highest BCUT2D eigenvalue weighted by atomic mass is 32.2. The standard InChI is InChI=1S/C27H30N2O4S/c1-4-20-8-5-6-10-22(20)24-16-19(18-33-21-9-7-14-28-17-21)11-12-23(24)26(30)29-25(13-15-34-3)27(31)32-2/h5-12,14,16-17,25H,4,13,15,18H2,1-3H3,(H,29,30). The number of rotatable bonds is 11. The number of ether oxygens (including phenoxy) is 2. The van der Waals surface area contributed by atoms with E-state index in [0.29, 0.717) is 24.3 Å². The summed E-state index contributed by atoms with van der Waals surface area (Å²) in [5.74, 6) is 0.655. The van der Waals surface area contributed by atoms with Crippen LogP contribution in [0.3, 0.4) is 0 Å². The van der Waals surface area contributed by atoms with Crippen molar-refractivity contribution in [3.8, 4) is 16.9 Å². The molecule has 1 atom stereocenters. The minimum absolute atomic E-state index is 0.308. The molecule has 1 amide bonds. The molecule has 7 heteroatoms. The predicted octanol–water partition coefficient (Wildman–Crippen LogP) is 4.91. The van der Waals surface area contributed by atoms with Gasteiger partial charge < -0.3 is 14.8 Å². The number of carbonyl (C=O) groups excluding carboxylic acids is 2. The van der Waals surface area contributed by atoms with E-state index >= 15 is 0 Å². The van der Waals surface area contributed by atoms with Crippen LogP contribution in [0.2, 0.25) is 0 Å². The van der Waals surface area contributed by atoms with Crippen molar-refractivity contribution in [2.45, 2.75) is 32.4 Å². The second-order valence-electron chi connectivity index (χ2n) is 7.70. The van der Waals surface area contributed by atoms with E-state index in [0.717, 1.165) is 34.4 Å². The molecular formula is C27H30N2O4S. The average Bonchev–Trinajstić information content (AvgIpc) is 2.89. The number of hydrogen-bond acceptors (Lipinski definition) is 6. The van der Waals surface area contributed by atoms with Gasteiger partial charge in [-0.05, 0) is 71.4 Å². The van der Waals surface area contributed by atoms with Gasteiger partial charge in [0.15, 0.2) is 0 Å². The van der Waals surface area contributed by atoms with Gasteiger partial charge in [-0.2, -0.15) is 11.8 Å². The van der Waals surface area contributed by atoms with Gasteiger partial charge in [0.1, 0.15) is 18.4 Å². The molecule has 0 radical (unpaired) electrons. The average molecular weight is 479 g/mol. The van der Waals surface area contributed by atoms with E-state index in [1.807, 2.05) is 48.7 Å². The molecule has 1 unspecified atom stereocenters. The first-order chi connectivity index (χ1) is 16.6. The molecule has 0 spiro atoms. The molecule has 178 valence electrons. The van der Waals surface area contributed by atoms with E-state index in [4.69, 9.17) is 9.47 Å². The van der Waals surface area contributed by atoms with Gasteiger partial charge in [-0.15, -0.1) is 0 Å². The van der Waals surface area contributed by atoms with Crippen LogP contribution in [0.5, 0.6) is 5.75 Å². The molecule has 1 N–H and O–H groups in total. The molecule has 3 aromatic rings. The third-order valence-corrected chi connectivity index (χ3v) is 6.10. The number of carbonyl (C=O) groups is 2. The lowest BCUT2D eigenvalue weighted by Gasteiger charge is -2.19. The number of methoxy groups -OCH3 is 1. The fraction of sp³-hybridized carbons (Fsp3) is 0.296. The summed E-state index contributed by atoms with van der Waals surface area (Å²) < 4.78 is 10.8. The molecule has 0 bridgehead atoms. The highest BCUT2D eigenvalue weighted by Crippen LogP contribution is 2.29. The van der Waals surface area contributed by atoms with Gasteiger partial charge in [0.25, 0.3) is 5.91 Å². The molecule has 34 heavy (non-hydrogen) atoms. The maximum Gasteiger partial charge on any atom is 0.328 e. The molecule has 0 aliphatic rings. The minimum atomic E-state index is -0.701. The van der Waals surface area contributed by atoms with Crippen LogP contribution in [0.25, 0.3) is 11.1 Å². The number of aryl methyl sites for hydroxylation is 1. The van der Waals surface area contributed by atoms with Crippen molar-refractivity contribution in [3.05, 3.63) is 83.7 Å². The Morgan fingerprint density at radius 3 is 2.62 bits per heavy atom. The van der Waals surface area contributed by atoms with Crippen molar-refractivity contribution in [3.63, 3.8) is 0 Å². The Labute approximate surface area is 205 Å². The summed E-state index contributed by atoms with van der Waals surface area (Å²) in [6.45, 7) is 2.43. The van der Waals surface area contributed by atoms with Gasteiger partial charge in [0.2, 0.25) is 0 Å². The first kappa shape index (κ1) is 25.3. The van der Waals surface area contributed by atoms with Crippen LogP contribution >= 0.6 is 11.8 Å². The lowest BCUT2D eigenvalue weighted by molar-refractivity contribution is -0.142. The highest BCUT2D eigenvalue weighted by Gasteiger charge is 2.24. The van der Waals surface area contributed by atoms with Crippen molar-refractivity contribution < 1.29 is 19.1 Å². The van der Waals surface area contributed by atoms with E-state index in [2.05, 4.69) is 23.3 Å². The molecular weight excluding hydrogens is 448 g/mol. The number of amides is 1. The molecule has 0 aliphatic heterocycles. The highest BCUT2D eigenvalue weighted by molar-refractivity contribution is 7.98. The Morgan fingerprint density at radius 2 is 1.91 bits per heavy atom. The summed E-state index contributed by atoms with van der Waals surface area (Å²) in [6.07, 6.45) is 6.64. The van der Waals surface area contributed by atoms with Crippen molar-refractivity contribution in [2.24, 2.45) is 0 Å². The van der Waals surface area contributed by atoms with Crippen LogP contribution in [-0.4, -0.2) is 42.0 Å². The third-order valence-electron chi connectivity index (χ3n) is 5.46. The number of benzene rings is 2. The lowest BCUT2D eigenvalue weighted by Crippen LogP contribution is -2.42. The number of nitrogens with one attached hydrogen (secondary N) is 1. The van der Waals surface area contributed by atoms with Gasteiger partial charge in [-0.3, -0.25) is 9.78 Å². The maximum absolute atomic E-state index is 13.4. The monoisotopic (exact) mass is 478 g/mol. The van der Waals surface area contributed by atoms with Crippen LogP contribution in [0.15, 0.2) is 67.0 Å². The van der Waals surface area contributed by atoms with Gasteiger partial charge in [0.05, 0.1) is 13.3 Å². The minimum Gasteiger partial charge on any atom is -0.487 e. The topological polar surface area (TPSA) is 77.5 Å². The Hall–Kier alpha value is -3.32. The van der Waals surface area contributed by atoms with Gasteiger partial charge in [-0.1, -0.05) is 37.3 Å². The fourth-order valence-electron chi connectivity index (χ4n) is 3.66. The van der Waals surface area contributed by atoms with Crippen LogP contribution in [0, 0.1) is 0 Å². The SMILES string of the molecule is CCc1ccccc1-c1cc(COc2cccnc2)ccc1C(=O)NC(CCSC)C(=O)OC. The molecule has 0 fully saturated rings. The lowest BCUT2D eigenvalue weighted by atomic mass is 9.92. The van der Waals surface area contributed by atoms with Crippen molar-refractivity contribution in [1.82, 2.24) is 10.3 Å². The quantitative estimate of drug-likeness (QED) is 0.395. The van der Waals surface area contributed by atoms with Crippen molar-refractivity contribution >= 4 is 23.6 Å². The summed E-state index contributed by atoms with van der Waals surface area (Å²) >= 11 is 1.61. The number of hydrogen-bond donors (Lipinski definition) is 1. The van der Waals surface area contributed by atoms with Crippen LogP contribution in [0.1, 0.15) is 34.8 Å². The molecule has 2 aromatic carbocycles.